The Hall–Kier alpha value is -3.52. The van der Waals surface area contributed by atoms with E-state index < -0.39 is 5.91 Å². The first kappa shape index (κ1) is 22.7. The van der Waals surface area contributed by atoms with Crippen LogP contribution in [-0.2, 0) is 9.59 Å². The summed E-state index contributed by atoms with van der Waals surface area (Å²) >= 11 is 1.13. The SMILES string of the molecule is C=C1C(=O)N=C(SCC(=O)N2N=C(c3ccc(OC)cc3)CC2c2ccc(C)cc2)N=C1C. The highest BCUT2D eigenvalue weighted by atomic mass is 32.2. The van der Waals surface area contributed by atoms with Gasteiger partial charge in [0.2, 0.25) is 0 Å². The van der Waals surface area contributed by atoms with Gasteiger partial charge in [0, 0.05) is 6.42 Å². The Morgan fingerprint density at radius 1 is 1.12 bits per heavy atom. The Kier molecular flexibility index (Phi) is 6.55. The average molecular weight is 461 g/mol. The van der Waals surface area contributed by atoms with Crippen molar-refractivity contribution < 1.29 is 14.3 Å². The highest BCUT2D eigenvalue weighted by molar-refractivity contribution is 8.14. The number of carbonyl (C=O) groups excluding carboxylic acids is 2. The number of aryl methyl sites for hydroxylation is 1. The third kappa shape index (κ3) is 4.96. The van der Waals surface area contributed by atoms with Gasteiger partial charge in [0.15, 0.2) is 5.17 Å². The minimum Gasteiger partial charge on any atom is -0.497 e. The minimum atomic E-state index is -0.420. The quantitative estimate of drug-likeness (QED) is 0.622. The van der Waals surface area contributed by atoms with Gasteiger partial charge in [-0.25, -0.2) is 10.0 Å². The zero-order valence-electron chi connectivity index (χ0n) is 18.7. The van der Waals surface area contributed by atoms with Crippen molar-refractivity contribution in [2.24, 2.45) is 15.1 Å². The molecular formula is C25H24N4O3S. The van der Waals surface area contributed by atoms with Crippen LogP contribution in [0.3, 0.4) is 0 Å². The summed E-state index contributed by atoms with van der Waals surface area (Å²) in [4.78, 5) is 33.3. The van der Waals surface area contributed by atoms with Crippen molar-refractivity contribution in [2.45, 2.75) is 26.3 Å². The molecule has 168 valence electrons. The Balaban J connectivity index is 1.56. The summed E-state index contributed by atoms with van der Waals surface area (Å²) < 4.78 is 5.25. The molecule has 2 aromatic rings. The lowest BCUT2D eigenvalue weighted by molar-refractivity contribution is -0.130. The van der Waals surface area contributed by atoms with Crippen molar-refractivity contribution in [1.82, 2.24) is 5.01 Å². The molecule has 0 saturated carbocycles. The molecule has 1 unspecified atom stereocenters. The van der Waals surface area contributed by atoms with Crippen LogP contribution in [-0.4, -0.2) is 46.3 Å². The molecule has 2 amide bonds. The molecule has 7 nitrogen and oxygen atoms in total. The zero-order chi connectivity index (χ0) is 23.5. The molecule has 1 atom stereocenters. The highest BCUT2D eigenvalue weighted by Crippen LogP contribution is 2.34. The number of amidine groups is 1. The molecule has 33 heavy (non-hydrogen) atoms. The Morgan fingerprint density at radius 3 is 2.45 bits per heavy atom. The van der Waals surface area contributed by atoms with Crippen LogP contribution in [0.2, 0.25) is 0 Å². The summed E-state index contributed by atoms with van der Waals surface area (Å²) in [6, 6.07) is 15.6. The van der Waals surface area contributed by atoms with Crippen LogP contribution in [0.1, 0.15) is 36.1 Å². The molecule has 2 aromatic carbocycles. The topological polar surface area (TPSA) is 83.7 Å². The third-order valence-electron chi connectivity index (χ3n) is 5.53. The summed E-state index contributed by atoms with van der Waals surface area (Å²) in [6.45, 7) is 7.40. The maximum Gasteiger partial charge on any atom is 0.280 e. The molecule has 2 aliphatic rings. The van der Waals surface area contributed by atoms with Crippen LogP contribution in [0, 0.1) is 6.92 Å². The van der Waals surface area contributed by atoms with Gasteiger partial charge in [-0.05, 0) is 49.2 Å². The number of hydrogen-bond acceptors (Lipinski definition) is 6. The number of hydrazone groups is 1. The number of aliphatic imine (C=N–C) groups is 2. The van der Waals surface area contributed by atoms with Crippen molar-refractivity contribution in [1.29, 1.82) is 0 Å². The van der Waals surface area contributed by atoms with Crippen molar-refractivity contribution in [3.05, 3.63) is 77.4 Å². The first-order valence-corrected chi connectivity index (χ1v) is 11.4. The van der Waals surface area contributed by atoms with E-state index in [1.54, 1.807) is 14.0 Å². The van der Waals surface area contributed by atoms with E-state index in [1.165, 1.54) is 5.01 Å². The molecule has 2 heterocycles. The normalized spacial score (nSPS) is 18.1. The van der Waals surface area contributed by atoms with E-state index >= 15 is 0 Å². The summed E-state index contributed by atoms with van der Waals surface area (Å²) in [5, 5.41) is 6.50. The van der Waals surface area contributed by atoms with E-state index in [-0.39, 0.29) is 28.4 Å². The van der Waals surface area contributed by atoms with Crippen LogP contribution >= 0.6 is 11.8 Å². The summed E-state index contributed by atoms with van der Waals surface area (Å²) in [7, 11) is 1.62. The second kappa shape index (κ2) is 9.54. The van der Waals surface area contributed by atoms with Crippen molar-refractivity contribution >= 4 is 40.2 Å². The minimum absolute atomic E-state index is 0.0666. The lowest BCUT2D eigenvalue weighted by Crippen LogP contribution is -2.29. The number of benzene rings is 2. The van der Waals surface area contributed by atoms with Gasteiger partial charge in [0.05, 0.1) is 35.9 Å². The molecular weight excluding hydrogens is 436 g/mol. The number of amides is 2. The number of thioether (sulfide) groups is 1. The van der Waals surface area contributed by atoms with Crippen LogP contribution in [0.4, 0.5) is 0 Å². The van der Waals surface area contributed by atoms with Crippen molar-refractivity contribution in [3.63, 3.8) is 0 Å². The van der Waals surface area contributed by atoms with Crippen LogP contribution < -0.4 is 4.74 Å². The van der Waals surface area contributed by atoms with Crippen molar-refractivity contribution in [3.8, 4) is 5.75 Å². The molecule has 0 bridgehead atoms. The number of ether oxygens (including phenoxy) is 1. The fourth-order valence-electron chi connectivity index (χ4n) is 3.55. The molecule has 4 rings (SSSR count). The van der Waals surface area contributed by atoms with Crippen LogP contribution in [0.25, 0.3) is 0 Å². The molecule has 2 aliphatic heterocycles. The number of methoxy groups -OCH3 is 1. The van der Waals surface area contributed by atoms with E-state index in [1.807, 2.05) is 55.5 Å². The lowest BCUT2D eigenvalue weighted by atomic mass is 9.97. The van der Waals surface area contributed by atoms with Gasteiger partial charge in [-0.3, -0.25) is 9.59 Å². The van der Waals surface area contributed by atoms with E-state index in [9.17, 15) is 9.59 Å². The Bertz CT molecular complexity index is 1200. The fraction of sp³-hybridized carbons (Fsp3) is 0.240. The van der Waals surface area contributed by atoms with Crippen molar-refractivity contribution in [2.75, 3.05) is 12.9 Å². The van der Waals surface area contributed by atoms with Gasteiger partial charge in [-0.1, -0.05) is 48.2 Å². The predicted molar refractivity (Wildman–Crippen MR) is 132 cm³/mol. The second-order valence-electron chi connectivity index (χ2n) is 7.81. The molecule has 0 N–H and O–H groups in total. The van der Waals surface area contributed by atoms with E-state index in [0.29, 0.717) is 12.1 Å². The molecule has 0 radical (unpaired) electrons. The van der Waals surface area contributed by atoms with Gasteiger partial charge in [-0.15, -0.1) is 0 Å². The van der Waals surface area contributed by atoms with E-state index in [4.69, 9.17) is 4.74 Å². The monoisotopic (exact) mass is 460 g/mol. The predicted octanol–water partition coefficient (Wildman–Crippen LogP) is 4.33. The van der Waals surface area contributed by atoms with Crippen LogP contribution in [0.15, 0.2) is 75.8 Å². The van der Waals surface area contributed by atoms with Gasteiger partial charge >= 0.3 is 0 Å². The fourth-order valence-corrected chi connectivity index (χ4v) is 4.28. The average Bonchev–Trinajstić information content (AvgIpc) is 3.27. The molecule has 0 spiro atoms. The molecule has 0 aliphatic carbocycles. The lowest BCUT2D eigenvalue weighted by Gasteiger charge is -2.22. The first-order chi connectivity index (χ1) is 15.9. The van der Waals surface area contributed by atoms with Gasteiger partial charge in [0.25, 0.3) is 11.8 Å². The maximum absolute atomic E-state index is 13.2. The molecule has 0 aromatic heterocycles. The molecule has 0 saturated heterocycles. The molecule has 0 fully saturated rings. The number of nitrogens with zero attached hydrogens (tertiary/aromatic N) is 4. The molecule has 8 heteroatoms. The van der Waals surface area contributed by atoms with E-state index in [2.05, 4.69) is 21.7 Å². The second-order valence-corrected chi connectivity index (χ2v) is 8.75. The smallest absolute Gasteiger partial charge is 0.280 e. The van der Waals surface area contributed by atoms with Gasteiger partial charge < -0.3 is 4.74 Å². The first-order valence-electron chi connectivity index (χ1n) is 10.5. The van der Waals surface area contributed by atoms with Gasteiger partial charge in [0.1, 0.15) is 5.75 Å². The Morgan fingerprint density at radius 2 is 1.82 bits per heavy atom. The van der Waals surface area contributed by atoms with Gasteiger partial charge in [-0.2, -0.15) is 10.1 Å². The maximum atomic E-state index is 13.2. The Labute approximate surface area is 197 Å². The number of carbonyl (C=O) groups is 2. The third-order valence-corrected chi connectivity index (χ3v) is 6.36. The number of rotatable bonds is 5. The largest absolute Gasteiger partial charge is 0.497 e. The summed E-state index contributed by atoms with van der Waals surface area (Å²) in [5.41, 5.74) is 4.73. The zero-order valence-corrected chi connectivity index (χ0v) is 19.6. The number of hydrogen-bond donors (Lipinski definition) is 0. The summed E-state index contributed by atoms with van der Waals surface area (Å²) in [5.74, 6) is 0.229. The summed E-state index contributed by atoms with van der Waals surface area (Å²) in [6.07, 6.45) is 0.600. The highest BCUT2D eigenvalue weighted by Gasteiger charge is 2.33. The standard InChI is InChI=1S/C25H24N4O3S/c1-15-5-7-19(8-6-15)22-13-21(18-9-11-20(32-4)12-10-18)28-29(22)23(30)14-33-25-26-17(3)16(2)24(31)27-25/h5-12,22H,2,13-14H2,1,3-4H3. The van der Waals surface area contributed by atoms with Crippen LogP contribution in [0.5, 0.6) is 5.75 Å². The van der Waals surface area contributed by atoms with E-state index in [0.717, 1.165) is 39.9 Å².